The fraction of sp³-hybridized carbons (Fsp3) is 0.467. The summed E-state index contributed by atoms with van der Waals surface area (Å²) in [5.74, 6) is -0.261. The summed E-state index contributed by atoms with van der Waals surface area (Å²) in [4.78, 5) is 38.9. The van der Waals surface area contributed by atoms with Gasteiger partial charge in [-0.05, 0) is 31.2 Å². The lowest BCUT2D eigenvalue weighted by Gasteiger charge is -2.12. The fourth-order valence-electron chi connectivity index (χ4n) is 1.52. The third-order valence-electron chi connectivity index (χ3n) is 2.89. The highest BCUT2D eigenvalue weighted by Gasteiger charge is 2.14. The first-order valence-corrected chi connectivity index (χ1v) is 8.48. The normalized spacial score (nSPS) is 11.4. The zero-order chi connectivity index (χ0) is 17.1. The Morgan fingerprint density at radius 1 is 1.30 bits per heavy atom. The van der Waals surface area contributed by atoms with Crippen LogP contribution in [0.15, 0.2) is 24.5 Å². The van der Waals surface area contributed by atoms with E-state index in [1.807, 2.05) is 0 Å². The van der Waals surface area contributed by atoms with Crippen molar-refractivity contribution < 1.29 is 14.4 Å². The van der Waals surface area contributed by atoms with Gasteiger partial charge >= 0.3 is 0 Å². The molecular weight excluding hydrogens is 316 g/mol. The largest absolute Gasteiger partial charge is 0.343 e. The van der Waals surface area contributed by atoms with E-state index in [0.717, 1.165) is 18.6 Å². The first-order chi connectivity index (χ1) is 11.0. The second kappa shape index (κ2) is 10.6. The van der Waals surface area contributed by atoms with Crippen molar-refractivity contribution in [3.05, 3.63) is 30.1 Å². The lowest BCUT2D eigenvalue weighted by Crippen LogP contribution is -2.48. The lowest BCUT2D eigenvalue weighted by molar-refractivity contribution is -0.127. The van der Waals surface area contributed by atoms with Gasteiger partial charge in [-0.1, -0.05) is 13.3 Å². The molecule has 0 radical (unpaired) electrons. The maximum Gasteiger partial charge on any atom is 0.257 e. The Bertz CT molecular complexity index is 525. The number of hydrogen-bond donors (Lipinski definition) is 3. The predicted molar refractivity (Wildman–Crippen MR) is 89.7 cm³/mol. The Morgan fingerprint density at radius 3 is 2.74 bits per heavy atom. The summed E-state index contributed by atoms with van der Waals surface area (Å²) in [6, 6.07) is 3.23. The SMILES string of the molecule is CCCCSC(C)C(=O)NNC(=O)CNC(=O)c1cccnc1. The standard InChI is InChI=1S/C15H22N4O3S/c1-3-4-8-23-11(2)14(21)19-18-13(20)10-17-15(22)12-6-5-7-16-9-12/h5-7,9,11H,3-4,8,10H2,1-2H3,(H,17,22)(H,18,20)(H,19,21). The second-order valence-corrected chi connectivity index (χ2v) is 6.28. The van der Waals surface area contributed by atoms with E-state index in [2.05, 4.69) is 28.1 Å². The molecule has 3 amide bonds. The molecular formula is C15H22N4O3S. The molecule has 3 N–H and O–H groups in total. The first-order valence-electron chi connectivity index (χ1n) is 7.43. The summed E-state index contributed by atoms with van der Waals surface area (Å²) < 4.78 is 0. The maximum absolute atomic E-state index is 11.8. The molecule has 1 heterocycles. The van der Waals surface area contributed by atoms with E-state index in [9.17, 15) is 14.4 Å². The monoisotopic (exact) mass is 338 g/mol. The summed E-state index contributed by atoms with van der Waals surface area (Å²) in [6.07, 6.45) is 5.09. The van der Waals surface area contributed by atoms with Crippen LogP contribution in [-0.2, 0) is 9.59 Å². The molecule has 1 aromatic heterocycles. The van der Waals surface area contributed by atoms with E-state index in [4.69, 9.17) is 0 Å². The topological polar surface area (TPSA) is 100 Å². The maximum atomic E-state index is 11.8. The van der Waals surface area contributed by atoms with Crippen LogP contribution in [0.1, 0.15) is 37.0 Å². The Morgan fingerprint density at radius 2 is 2.09 bits per heavy atom. The van der Waals surface area contributed by atoms with E-state index >= 15 is 0 Å². The Hall–Kier alpha value is -2.09. The summed E-state index contributed by atoms with van der Waals surface area (Å²) in [5, 5.41) is 2.20. The van der Waals surface area contributed by atoms with Crippen LogP contribution in [0.2, 0.25) is 0 Å². The van der Waals surface area contributed by atoms with Gasteiger partial charge in [0.25, 0.3) is 17.7 Å². The van der Waals surface area contributed by atoms with Gasteiger partial charge in [0.1, 0.15) is 0 Å². The molecule has 1 atom stereocenters. The molecule has 7 nitrogen and oxygen atoms in total. The van der Waals surface area contributed by atoms with Gasteiger partial charge in [-0.3, -0.25) is 30.2 Å². The van der Waals surface area contributed by atoms with Crippen LogP contribution in [0.5, 0.6) is 0 Å². The van der Waals surface area contributed by atoms with Crippen molar-refractivity contribution in [3.63, 3.8) is 0 Å². The number of hydrogen-bond acceptors (Lipinski definition) is 5. The number of amides is 3. The molecule has 0 saturated heterocycles. The molecule has 0 bridgehead atoms. The van der Waals surface area contributed by atoms with Crippen LogP contribution in [0.4, 0.5) is 0 Å². The Balaban J connectivity index is 2.23. The molecule has 0 aliphatic rings. The minimum absolute atomic E-state index is 0.231. The molecule has 0 fully saturated rings. The summed E-state index contributed by atoms with van der Waals surface area (Å²) in [7, 11) is 0. The van der Waals surface area contributed by atoms with E-state index in [-0.39, 0.29) is 17.7 Å². The Labute approximate surface area is 140 Å². The highest BCUT2D eigenvalue weighted by Crippen LogP contribution is 2.12. The van der Waals surface area contributed by atoms with Crippen LogP contribution in [0.3, 0.4) is 0 Å². The van der Waals surface area contributed by atoms with Gasteiger partial charge in [-0.25, -0.2) is 0 Å². The average molecular weight is 338 g/mol. The number of carbonyl (C=O) groups excluding carboxylic acids is 3. The highest BCUT2D eigenvalue weighted by molar-refractivity contribution is 8.00. The minimum Gasteiger partial charge on any atom is -0.343 e. The number of unbranched alkanes of at least 4 members (excludes halogenated alkanes) is 1. The van der Waals surface area contributed by atoms with Gasteiger partial charge in [-0.2, -0.15) is 0 Å². The lowest BCUT2D eigenvalue weighted by atomic mass is 10.3. The molecule has 126 valence electrons. The van der Waals surface area contributed by atoms with Gasteiger partial charge in [0.2, 0.25) is 0 Å². The molecule has 1 aromatic rings. The van der Waals surface area contributed by atoms with Crippen molar-refractivity contribution in [1.29, 1.82) is 0 Å². The van der Waals surface area contributed by atoms with E-state index in [0.29, 0.717) is 5.56 Å². The van der Waals surface area contributed by atoms with E-state index in [1.165, 1.54) is 18.0 Å². The summed E-state index contributed by atoms with van der Waals surface area (Å²) in [6.45, 7) is 3.64. The van der Waals surface area contributed by atoms with Crippen molar-refractivity contribution in [3.8, 4) is 0 Å². The minimum atomic E-state index is -0.499. The van der Waals surface area contributed by atoms with Gasteiger partial charge < -0.3 is 5.32 Å². The van der Waals surface area contributed by atoms with Crippen LogP contribution >= 0.6 is 11.8 Å². The smallest absolute Gasteiger partial charge is 0.257 e. The molecule has 0 aliphatic carbocycles. The zero-order valence-electron chi connectivity index (χ0n) is 13.3. The predicted octanol–water partition coefficient (Wildman–Crippen LogP) is 0.881. The van der Waals surface area contributed by atoms with Crippen molar-refractivity contribution in [1.82, 2.24) is 21.2 Å². The zero-order valence-corrected chi connectivity index (χ0v) is 14.1. The number of nitrogens with zero attached hydrogens (tertiary/aromatic N) is 1. The third kappa shape index (κ3) is 7.64. The fourth-order valence-corrected chi connectivity index (χ4v) is 2.54. The average Bonchev–Trinajstić information content (AvgIpc) is 2.58. The molecule has 0 spiro atoms. The third-order valence-corrected chi connectivity index (χ3v) is 4.13. The summed E-state index contributed by atoms with van der Waals surface area (Å²) >= 11 is 1.54. The number of thioether (sulfide) groups is 1. The quantitative estimate of drug-likeness (QED) is 0.483. The number of hydrazine groups is 1. The van der Waals surface area contributed by atoms with Crippen LogP contribution in [0, 0.1) is 0 Å². The molecule has 0 aliphatic heterocycles. The van der Waals surface area contributed by atoms with E-state index in [1.54, 1.807) is 25.3 Å². The number of carbonyl (C=O) groups is 3. The number of aromatic nitrogens is 1. The number of rotatable bonds is 8. The number of nitrogens with one attached hydrogen (secondary N) is 3. The number of pyridine rings is 1. The molecule has 1 rings (SSSR count). The van der Waals surface area contributed by atoms with Crippen molar-refractivity contribution in [2.75, 3.05) is 12.3 Å². The first kappa shape index (κ1) is 19.0. The highest BCUT2D eigenvalue weighted by atomic mass is 32.2. The molecule has 0 saturated carbocycles. The van der Waals surface area contributed by atoms with Crippen molar-refractivity contribution in [2.45, 2.75) is 31.9 Å². The van der Waals surface area contributed by atoms with Crippen LogP contribution in [-0.4, -0.2) is 40.3 Å². The van der Waals surface area contributed by atoms with Gasteiger partial charge in [-0.15, -0.1) is 11.8 Å². The molecule has 1 unspecified atom stereocenters. The van der Waals surface area contributed by atoms with Gasteiger partial charge in [0.15, 0.2) is 0 Å². The van der Waals surface area contributed by atoms with Gasteiger partial charge in [0.05, 0.1) is 17.4 Å². The van der Waals surface area contributed by atoms with Crippen LogP contribution in [0.25, 0.3) is 0 Å². The van der Waals surface area contributed by atoms with Crippen molar-refractivity contribution >= 4 is 29.5 Å². The van der Waals surface area contributed by atoms with E-state index < -0.39 is 11.8 Å². The second-order valence-electron chi connectivity index (χ2n) is 4.83. The molecule has 0 aromatic carbocycles. The Kier molecular flexibility index (Phi) is 8.74. The van der Waals surface area contributed by atoms with Gasteiger partial charge in [0, 0.05) is 12.4 Å². The van der Waals surface area contributed by atoms with Crippen LogP contribution < -0.4 is 16.2 Å². The van der Waals surface area contributed by atoms with Crippen molar-refractivity contribution in [2.24, 2.45) is 0 Å². The molecule has 8 heteroatoms. The molecule has 23 heavy (non-hydrogen) atoms. The summed E-state index contributed by atoms with van der Waals surface area (Å²) in [5.41, 5.74) is 4.99.